The first kappa shape index (κ1) is 14.6. The van der Waals surface area contributed by atoms with Crippen molar-refractivity contribution in [3.8, 4) is 0 Å². The number of ether oxygens (including phenoxy) is 1. The van der Waals surface area contributed by atoms with E-state index in [1.165, 1.54) is 0 Å². The molecule has 2 amide bonds. The van der Waals surface area contributed by atoms with Crippen LogP contribution in [0, 0.1) is 0 Å². The average Bonchev–Trinajstić information content (AvgIpc) is 2.95. The second kappa shape index (κ2) is 7.09. The molecule has 2 aromatic rings. The number of rotatable bonds is 5. The van der Waals surface area contributed by atoms with E-state index in [1.54, 1.807) is 6.92 Å². The van der Waals surface area contributed by atoms with Crippen LogP contribution in [0.2, 0.25) is 0 Å². The third-order valence-corrected chi connectivity index (χ3v) is 2.51. The Morgan fingerprint density at radius 1 is 1.29 bits per heavy atom. The molecule has 0 radical (unpaired) electrons. The Morgan fingerprint density at radius 3 is 2.76 bits per heavy atom. The van der Waals surface area contributed by atoms with Crippen molar-refractivity contribution < 1.29 is 18.7 Å². The van der Waals surface area contributed by atoms with Gasteiger partial charge in [0.2, 0.25) is 0 Å². The summed E-state index contributed by atoms with van der Waals surface area (Å²) in [7, 11) is 0. The van der Waals surface area contributed by atoms with E-state index in [9.17, 15) is 9.59 Å². The van der Waals surface area contributed by atoms with E-state index in [1.807, 2.05) is 30.3 Å². The molecule has 7 heteroatoms. The summed E-state index contributed by atoms with van der Waals surface area (Å²) in [4.78, 5) is 26.8. The van der Waals surface area contributed by atoms with Gasteiger partial charge < -0.3 is 14.5 Å². The molecule has 0 unspecified atom stereocenters. The normalized spacial score (nSPS) is 9.95. The summed E-state index contributed by atoms with van der Waals surface area (Å²) in [6, 6.07) is 8.91. The maximum atomic E-state index is 11.7. The van der Waals surface area contributed by atoms with Gasteiger partial charge in [0.15, 0.2) is 5.69 Å². The Hall–Kier alpha value is -2.83. The predicted octanol–water partition coefficient (Wildman–Crippen LogP) is 2.17. The van der Waals surface area contributed by atoms with Crippen LogP contribution in [0.15, 0.2) is 41.0 Å². The number of esters is 1. The summed E-state index contributed by atoms with van der Waals surface area (Å²) in [5.74, 6) is -0.598. The standard InChI is InChI=1S/C14H15N3O4/c1-2-20-12(18)11-9-21-14(16-11)17-13(19)15-8-10-6-4-3-5-7-10/h3-7,9H,2,8H2,1H3,(H2,15,16,17,19). The minimum absolute atomic E-state index is 0.00945. The van der Waals surface area contributed by atoms with Crippen LogP contribution in [-0.2, 0) is 11.3 Å². The molecule has 21 heavy (non-hydrogen) atoms. The van der Waals surface area contributed by atoms with Gasteiger partial charge in [-0.1, -0.05) is 30.3 Å². The van der Waals surface area contributed by atoms with Gasteiger partial charge >= 0.3 is 18.0 Å². The number of oxazole rings is 1. The van der Waals surface area contributed by atoms with Crippen LogP contribution in [-0.4, -0.2) is 23.6 Å². The van der Waals surface area contributed by atoms with Crippen LogP contribution in [0.5, 0.6) is 0 Å². The lowest BCUT2D eigenvalue weighted by molar-refractivity contribution is 0.0519. The molecule has 0 spiro atoms. The van der Waals surface area contributed by atoms with Gasteiger partial charge in [-0.25, -0.2) is 9.59 Å². The molecule has 1 heterocycles. The Balaban J connectivity index is 1.84. The van der Waals surface area contributed by atoms with Crippen LogP contribution in [0.25, 0.3) is 0 Å². The fourth-order valence-electron chi connectivity index (χ4n) is 1.55. The van der Waals surface area contributed by atoms with Gasteiger partial charge in [0.25, 0.3) is 0 Å². The van der Waals surface area contributed by atoms with E-state index in [4.69, 9.17) is 9.15 Å². The summed E-state index contributed by atoms with van der Waals surface area (Å²) < 4.78 is 9.73. The number of hydrogen-bond acceptors (Lipinski definition) is 5. The number of anilines is 1. The van der Waals surface area contributed by atoms with Crippen LogP contribution in [0.3, 0.4) is 0 Å². The number of nitrogens with one attached hydrogen (secondary N) is 2. The van der Waals surface area contributed by atoms with Crippen molar-refractivity contribution in [1.29, 1.82) is 0 Å². The Morgan fingerprint density at radius 2 is 2.05 bits per heavy atom. The third kappa shape index (κ3) is 4.34. The van der Waals surface area contributed by atoms with Gasteiger partial charge in [-0.15, -0.1) is 0 Å². The fraction of sp³-hybridized carbons (Fsp3) is 0.214. The minimum atomic E-state index is -0.598. The largest absolute Gasteiger partial charge is 0.461 e. The van der Waals surface area contributed by atoms with Gasteiger partial charge in [-0.2, -0.15) is 4.98 Å². The Bertz CT molecular complexity index is 610. The van der Waals surface area contributed by atoms with Crippen LogP contribution in [0.4, 0.5) is 10.8 Å². The maximum absolute atomic E-state index is 11.7. The lowest BCUT2D eigenvalue weighted by Gasteiger charge is -2.04. The van der Waals surface area contributed by atoms with Crippen molar-refractivity contribution >= 4 is 18.0 Å². The third-order valence-electron chi connectivity index (χ3n) is 2.51. The Labute approximate surface area is 121 Å². The second-order valence-corrected chi connectivity index (χ2v) is 4.05. The van der Waals surface area contributed by atoms with Crippen molar-refractivity contribution in [3.05, 3.63) is 47.9 Å². The number of carbonyl (C=O) groups excluding carboxylic acids is 2. The summed E-state index contributed by atoms with van der Waals surface area (Å²) in [5, 5.41) is 5.04. The monoisotopic (exact) mass is 289 g/mol. The average molecular weight is 289 g/mol. The molecule has 0 aliphatic heterocycles. The summed E-state index contributed by atoms with van der Waals surface area (Å²) >= 11 is 0. The molecule has 110 valence electrons. The summed E-state index contributed by atoms with van der Waals surface area (Å²) in [5.41, 5.74) is 0.975. The van der Waals surface area contributed by atoms with Crippen molar-refractivity contribution in [2.75, 3.05) is 11.9 Å². The first-order valence-corrected chi connectivity index (χ1v) is 6.40. The topological polar surface area (TPSA) is 93.5 Å². The highest BCUT2D eigenvalue weighted by atomic mass is 16.5. The molecular formula is C14H15N3O4. The van der Waals surface area contributed by atoms with E-state index in [2.05, 4.69) is 15.6 Å². The molecule has 0 aliphatic rings. The van der Waals surface area contributed by atoms with Crippen molar-refractivity contribution in [3.63, 3.8) is 0 Å². The minimum Gasteiger partial charge on any atom is -0.461 e. The van der Waals surface area contributed by atoms with E-state index in [-0.39, 0.29) is 18.3 Å². The maximum Gasteiger partial charge on any atom is 0.360 e. The molecule has 0 saturated heterocycles. The summed E-state index contributed by atoms with van der Waals surface area (Å²) in [6.45, 7) is 2.30. The molecular weight excluding hydrogens is 274 g/mol. The van der Waals surface area contributed by atoms with Crippen LogP contribution >= 0.6 is 0 Å². The number of hydrogen-bond donors (Lipinski definition) is 2. The number of benzene rings is 1. The van der Waals surface area contributed by atoms with E-state index >= 15 is 0 Å². The molecule has 0 aliphatic carbocycles. The molecule has 1 aromatic carbocycles. The highest BCUT2D eigenvalue weighted by Gasteiger charge is 2.14. The zero-order valence-corrected chi connectivity index (χ0v) is 11.5. The lowest BCUT2D eigenvalue weighted by atomic mass is 10.2. The number of amides is 2. The molecule has 2 rings (SSSR count). The highest BCUT2D eigenvalue weighted by Crippen LogP contribution is 2.08. The molecule has 0 bridgehead atoms. The quantitative estimate of drug-likeness (QED) is 0.823. The van der Waals surface area contributed by atoms with Crippen LogP contribution in [0.1, 0.15) is 23.0 Å². The van der Waals surface area contributed by atoms with Gasteiger partial charge in [0, 0.05) is 6.54 Å². The summed E-state index contributed by atoms with van der Waals surface area (Å²) in [6.07, 6.45) is 1.13. The number of urea groups is 1. The van der Waals surface area contributed by atoms with Gasteiger partial charge in [0.1, 0.15) is 6.26 Å². The molecule has 0 saturated carbocycles. The van der Waals surface area contributed by atoms with Gasteiger partial charge in [-0.3, -0.25) is 5.32 Å². The number of nitrogens with zero attached hydrogens (tertiary/aromatic N) is 1. The van der Waals surface area contributed by atoms with Crippen molar-refractivity contribution in [2.45, 2.75) is 13.5 Å². The van der Waals surface area contributed by atoms with Gasteiger partial charge in [0.05, 0.1) is 6.61 Å². The molecule has 2 N–H and O–H groups in total. The van der Waals surface area contributed by atoms with Crippen molar-refractivity contribution in [2.24, 2.45) is 0 Å². The molecule has 0 fully saturated rings. The van der Waals surface area contributed by atoms with E-state index in [0.717, 1.165) is 11.8 Å². The fourth-order valence-corrected chi connectivity index (χ4v) is 1.55. The van der Waals surface area contributed by atoms with E-state index < -0.39 is 12.0 Å². The van der Waals surface area contributed by atoms with Crippen molar-refractivity contribution in [1.82, 2.24) is 10.3 Å². The predicted molar refractivity (Wildman–Crippen MR) is 74.8 cm³/mol. The molecule has 0 atom stereocenters. The molecule has 1 aromatic heterocycles. The highest BCUT2D eigenvalue weighted by molar-refractivity contribution is 5.89. The van der Waals surface area contributed by atoms with E-state index in [0.29, 0.717) is 6.54 Å². The van der Waals surface area contributed by atoms with Gasteiger partial charge in [-0.05, 0) is 12.5 Å². The molecule has 7 nitrogen and oxygen atoms in total. The SMILES string of the molecule is CCOC(=O)c1coc(NC(=O)NCc2ccccc2)n1. The zero-order chi connectivity index (χ0) is 15.1. The lowest BCUT2D eigenvalue weighted by Crippen LogP contribution is -2.28. The van der Waals surface area contributed by atoms with Crippen LogP contribution < -0.4 is 10.6 Å². The number of carbonyl (C=O) groups is 2. The first-order valence-electron chi connectivity index (χ1n) is 6.40. The number of aromatic nitrogens is 1. The second-order valence-electron chi connectivity index (χ2n) is 4.05. The first-order chi connectivity index (χ1) is 10.2. The zero-order valence-electron chi connectivity index (χ0n) is 11.5. The smallest absolute Gasteiger partial charge is 0.360 e. The Kier molecular flexibility index (Phi) is 4.92.